The summed E-state index contributed by atoms with van der Waals surface area (Å²) in [6.45, 7) is 0. The molecule has 1 aromatic rings. The number of thioether (sulfide) groups is 1. The minimum atomic E-state index is -4.29. The SMILES string of the molecule is O=C(O)[C@H](O)Cc1ccccc1SCC(F)(F)F. The van der Waals surface area contributed by atoms with Crippen LogP contribution >= 0.6 is 11.8 Å². The Hall–Kier alpha value is -1.21. The van der Waals surface area contributed by atoms with E-state index in [0.29, 0.717) is 22.2 Å². The van der Waals surface area contributed by atoms with Gasteiger partial charge in [0.1, 0.15) is 0 Å². The first-order chi connectivity index (χ1) is 8.29. The number of carboxylic acid groups (broad SMARTS) is 1. The molecule has 0 spiro atoms. The fourth-order valence-electron chi connectivity index (χ4n) is 1.27. The van der Waals surface area contributed by atoms with Crippen molar-refractivity contribution in [1.29, 1.82) is 0 Å². The summed E-state index contributed by atoms with van der Waals surface area (Å²) in [7, 11) is 0. The number of hydrogen-bond acceptors (Lipinski definition) is 3. The summed E-state index contributed by atoms with van der Waals surface area (Å²) in [6, 6.07) is 6.13. The second-order valence-electron chi connectivity index (χ2n) is 3.57. The molecule has 0 heterocycles. The van der Waals surface area contributed by atoms with Gasteiger partial charge in [0, 0.05) is 11.3 Å². The van der Waals surface area contributed by atoms with Crippen LogP contribution in [0.25, 0.3) is 0 Å². The molecule has 0 aliphatic rings. The minimum absolute atomic E-state index is 0.212. The molecular formula is C11H11F3O3S. The number of benzene rings is 1. The lowest BCUT2D eigenvalue weighted by Crippen LogP contribution is -2.22. The Morgan fingerprint density at radius 2 is 1.94 bits per heavy atom. The van der Waals surface area contributed by atoms with E-state index < -0.39 is 24.0 Å². The molecule has 0 saturated heterocycles. The molecule has 1 rings (SSSR count). The molecule has 1 aromatic carbocycles. The van der Waals surface area contributed by atoms with Crippen LogP contribution in [0.2, 0.25) is 0 Å². The monoisotopic (exact) mass is 280 g/mol. The molecule has 0 aromatic heterocycles. The summed E-state index contributed by atoms with van der Waals surface area (Å²) in [5, 5.41) is 17.8. The fraction of sp³-hybridized carbons (Fsp3) is 0.364. The molecule has 0 fully saturated rings. The Morgan fingerprint density at radius 3 is 2.50 bits per heavy atom. The van der Waals surface area contributed by atoms with Gasteiger partial charge in [-0.15, -0.1) is 11.8 Å². The van der Waals surface area contributed by atoms with Crippen molar-refractivity contribution in [3.8, 4) is 0 Å². The van der Waals surface area contributed by atoms with Gasteiger partial charge in [0.15, 0.2) is 6.10 Å². The van der Waals surface area contributed by atoms with E-state index in [-0.39, 0.29) is 6.42 Å². The molecule has 7 heteroatoms. The average molecular weight is 280 g/mol. The third-order valence-electron chi connectivity index (χ3n) is 2.06. The number of hydrogen-bond donors (Lipinski definition) is 2. The standard InChI is InChI=1S/C11H11F3O3S/c12-11(13,14)6-18-9-4-2-1-3-7(9)5-8(15)10(16)17/h1-4,8,15H,5-6H2,(H,16,17)/t8-/m1/s1. The zero-order valence-electron chi connectivity index (χ0n) is 9.15. The number of aliphatic hydroxyl groups excluding tert-OH is 1. The van der Waals surface area contributed by atoms with Gasteiger partial charge in [0.25, 0.3) is 0 Å². The lowest BCUT2D eigenvalue weighted by atomic mass is 10.1. The zero-order valence-corrected chi connectivity index (χ0v) is 9.96. The van der Waals surface area contributed by atoms with Gasteiger partial charge < -0.3 is 10.2 Å². The van der Waals surface area contributed by atoms with Gasteiger partial charge in [-0.05, 0) is 11.6 Å². The topological polar surface area (TPSA) is 57.5 Å². The predicted octanol–water partition coefficient (Wildman–Crippen LogP) is 2.33. The third-order valence-corrected chi connectivity index (χ3v) is 3.24. The van der Waals surface area contributed by atoms with Crippen LogP contribution in [0.5, 0.6) is 0 Å². The second kappa shape index (κ2) is 6.10. The molecule has 0 radical (unpaired) electrons. The number of rotatable bonds is 5. The highest BCUT2D eigenvalue weighted by atomic mass is 32.2. The van der Waals surface area contributed by atoms with Gasteiger partial charge in [-0.25, -0.2) is 4.79 Å². The van der Waals surface area contributed by atoms with E-state index in [1.807, 2.05) is 0 Å². The Bertz CT molecular complexity index is 420. The predicted molar refractivity (Wildman–Crippen MR) is 60.6 cm³/mol. The number of aliphatic hydroxyl groups is 1. The molecule has 0 bridgehead atoms. The summed E-state index contributed by atoms with van der Waals surface area (Å²) >= 11 is 0.579. The molecule has 0 saturated carbocycles. The molecule has 1 atom stereocenters. The molecule has 2 N–H and O–H groups in total. The first-order valence-electron chi connectivity index (χ1n) is 4.98. The molecule has 18 heavy (non-hydrogen) atoms. The summed E-state index contributed by atoms with van der Waals surface area (Å²) in [4.78, 5) is 10.8. The van der Waals surface area contributed by atoms with Crippen molar-refractivity contribution < 1.29 is 28.2 Å². The lowest BCUT2D eigenvalue weighted by Gasteiger charge is -2.12. The van der Waals surface area contributed by atoms with Crippen molar-refractivity contribution in [2.24, 2.45) is 0 Å². The van der Waals surface area contributed by atoms with E-state index in [1.165, 1.54) is 12.1 Å². The molecule has 0 unspecified atom stereocenters. The maximum atomic E-state index is 12.1. The van der Waals surface area contributed by atoms with E-state index in [4.69, 9.17) is 5.11 Å². The average Bonchev–Trinajstić information content (AvgIpc) is 2.26. The second-order valence-corrected chi connectivity index (χ2v) is 4.59. The van der Waals surface area contributed by atoms with Crippen molar-refractivity contribution in [3.63, 3.8) is 0 Å². The maximum Gasteiger partial charge on any atom is 0.398 e. The quantitative estimate of drug-likeness (QED) is 0.813. The smallest absolute Gasteiger partial charge is 0.398 e. The van der Waals surface area contributed by atoms with Crippen LogP contribution < -0.4 is 0 Å². The van der Waals surface area contributed by atoms with Crippen LogP contribution in [-0.4, -0.2) is 34.2 Å². The number of aliphatic carboxylic acids is 1. The van der Waals surface area contributed by atoms with Crippen LogP contribution in [0.3, 0.4) is 0 Å². The van der Waals surface area contributed by atoms with Crippen LogP contribution in [0.1, 0.15) is 5.56 Å². The first kappa shape index (κ1) is 14.8. The Labute approximate surface area is 106 Å². The normalized spacial score (nSPS) is 13.3. The van der Waals surface area contributed by atoms with Crippen molar-refractivity contribution >= 4 is 17.7 Å². The molecule has 3 nitrogen and oxygen atoms in total. The Balaban J connectivity index is 2.76. The maximum absolute atomic E-state index is 12.1. The summed E-state index contributed by atoms with van der Waals surface area (Å²) < 4.78 is 36.3. The van der Waals surface area contributed by atoms with Crippen molar-refractivity contribution in [2.75, 3.05) is 5.75 Å². The van der Waals surface area contributed by atoms with E-state index in [0.717, 1.165) is 0 Å². The number of carbonyl (C=O) groups is 1. The third kappa shape index (κ3) is 4.97. The zero-order chi connectivity index (χ0) is 13.8. The highest BCUT2D eigenvalue weighted by Gasteiger charge is 2.28. The number of carboxylic acids is 1. The van der Waals surface area contributed by atoms with Crippen molar-refractivity contribution in [1.82, 2.24) is 0 Å². The molecule has 0 amide bonds. The van der Waals surface area contributed by atoms with Gasteiger partial charge in [-0.1, -0.05) is 18.2 Å². The summed E-state index contributed by atoms with van der Waals surface area (Å²) in [5.74, 6) is -2.45. The fourth-order valence-corrected chi connectivity index (χ4v) is 2.10. The van der Waals surface area contributed by atoms with Gasteiger partial charge in [0.05, 0.1) is 5.75 Å². The van der Waals surface area contributed by atoms with Gasteiger partial charge in [-0.3, -0.25) is 0 Å². The van der Waals surface area contributed by atoms with Crippen LogP contribution in [0, 0.1) is 0 Å². The highest BCUT2D eigenvalue weighted by molar-refractivity contribution is 7.99. The lowest BCUT2D eigenvalue weighted by molar-refractivity contribution is -0.146. The summed E-state index contributed by atoms with van der Waals surface area (Å²) in [6.07, 6.45) is -6.11. The highest BCUT2D eigenvalue weighted by Crippen LogP contribution is 2.30. The Kier molecular flexibility index (Phi) is 5.03. The van der Waals surface area contributed by atoms with Gasteiger partial charge >= 0.3 is 12.1 Å². The van der Waals surface area contributed by atoms with Crippen LogP contribution in [0.4, 0.5) is 13.2 Å². The van der Waals surface area contributed by atoms with Crippen LogP contribution in [-0.2, 0) is 11.2 Å². The van der Waals surface area contributed by atoms with E-state index in [2.05, 4.69) is 0 Å². The summed E-state index contributed by atoms with van der Waals surface area (Å²) in [5.41, 5.74) is 0.390. The molecule has 100 valence electrons. The molecular weight excluding hydrogens is 269 g/mol. The van der Waals surface area contributed by atoms with E-state index in [1.54, 1.807) is 12.1 Å². The van der Waals surface area contributed by atoms with Crippen LogP contribution in [0.15, 0.2) is 29.2 Å². The van der Waals surface area contributed by atoms with Crippen molar-refractivity contribution in [2.45, 2.75) is 23.6 Å². The van der Waals surface area contributed by atoms with E-state index >= 15 is 0 Å². The molecule has 0 aliphatic carbocycles. The van der Waals surface area contributed by atoms with E-state index in [9.17, 15) is 23.1 Å². The molecule has 0 aliphatic heterocycles. The minimum Gasteiger partial charge on any atom is -0.479 e. The largest absolute Gasteiger partial charge is 0.479 e. The van der Waals surface area contributed by atoms with Crippen molar-refractivity contribution in [3.05, 3.63) is 29.8 Å². The first-order valence-corrected chi connectivity index (χ1v) is 5.96. The number of halogens is 3. The van der Waals surface area contributed by atoms with Gasteiger partial charge in [0.2, 0.25) is 0 Å². The Morgan fingerprint density at radius 1 is 1.33 bits per heavy atom. The van der Waals surface area contributed by atoms with Gasteiger partial charge in [-0.2, -0.15) is 13.2 Å². The number of alkyl halides is 3.